The van der Waals surface area contributed by atoms with Crippen LogP contribution in [0.3, 0.4) is 0 Å². The van der Waals surface area contributed by atoms with Gasteiger partial charge >= 0.3 is 12.1 Å². The Morgan fingerprint density at radius 1 is 0.943 bits per heavy atom. The van der Waals surface area contributed by atoms with Crippen LogP contribution in [0.2, 0.25) is 0 Å². The van der Waals surface area contributed by atoms with Crippen LogP contribution in [0.5, 0.6) is 5.75 Å². The summed E-state index contributed by atoms with van der Waals surface area (Å²) in [7, 11) is 0. The zero-order valence-electron chi connectivity index (χ0n) is 20.6. The minimum Gasteiger partial charge on any atom is -0.492 e. The first-order valence-corrected chi connectivity index (χ1v) is 12.1. The molecule has 0 heterocycles. The summed E-state index contributed by atoms with van der Waals surface area (Å²) in [5.74, 6) is -0.628. The summed E-state index contributed by atoms with van der Waals surface area (Å²) in [6, 6.07) is 13.5. The molecule has 2 aromatic carbocycles. The molecule has 35 heavy (non-hydrogen) atoms. The number of aryl methyl sites for hydroxylation is 1. The minimum absolute atomic E-state index is 0.268. The maximum absolute atomic E-state index is 13.1. The van der Waals surface area contributed by atoms with Gasteiger partial charge in [0.25, 0.3) is 0 Å². The Morgan fingerprint density at radius 2 is 1.63 bits per heavy atom. The van der Waals surface area contributed by atoms with Crippen LogP contribution in [0, 0.1) is 5.82 Å². The molecule has 0 aliphatic rings. The van der Waals surface area contributed by atoms with E-state index in [1.165, 1.54) is 12.1 Å². The van der Waals surface area contributed by atoms with Crippen LogP contribution in [0.1, 0.15) is 44.2 Å². The second kappa shape index (κ2) is 15.7. The molecule has 192 valence electrons. The number of benzene rings is 2. The summed E-state index contributed by atoms with van der Waals surface area (Å²) >= 11 is 0. The normalized spacial score (nSPS) is 11.6. The zero-order chi connectivity index (χ0) is 25.5. The monoisotopic (exact) mass is 489 g/mol. The van der Waals surface area contributed by atoms with E-state index in [1.807, 2.05) is 19.1 Å². The molecule has 0 spiro atoms. The summed E-state index contributed by atoms with van der Waals surface area (Å²) in [5, 5.41) is 9.23. The second-order valence-electron chi connectivity index (χ2n) is 8.16. The zero-order valence-corrected chi connectivity index (χ0v) is 20.6. The molecule has 7 nitrogen and oxygen atoms in total. The van der Waals surface area contributed by atoms with Crippen molar-refractivity contribution in [3.63, 3.8) is 0 Å². The van der Waals surface area contributed by atoms with Gasteiger partial charge in [-0.25, -0.2) is 14.0 Å². The third-order valence-electron chi connectivity index (χ3n) is 5.41. The van der Waals surface area contributed by atoms with E-state index in [0.717, 1.165) is 30.4 Å². The van der Waals surface area contributed by atoms with Crippen molar-refractivity contribution in [3.05, 3.63) is 65.5 Å². The van der Waals surface area contributed by atoms with Gasteiger partial charge in [-0.2, -0.15) is 0 Å². The fraction of sp³-hybridized carbons (Fsp3) is 0.481. The Bertz CT molecular complexity index is 888. The van der Waals surface area contributed by atoms with Gasteiger partial charge in [-0.1, -0.05) is 37.6 Å². The van der Waals surface area contributed by atoms with Crippen molar-refractivity contribution in [1.29, 1.82) is 0 Å². The highest BCUT2D eigenvalue weighted by Crippen LogP contribution is 2.15. The Hall–Kier alpha value is -3.13. The highest BCUT2D eigenvalue weighted by molar-refractivity contribution is 5.72. The first-order valence-electron chi connectivity index (χ1n) is 12.1. The van der Waals surface area contributed by atoms with Crippen molar-refractivity contribution in [1.82, 2.24) is 4.90 Å². The van der Waals surface area contributed by atoms with Gasteiger partial charge in [-0.15, -0.1) is 0 Å². The molecule has 8 heteroatoms. The lowest BCUT2D eigenvalue weighted by Gasteiger charge is -2.22. The summed E-state index contributed by atoms with van der Waals surface area (Å²) in [5.41, 5.74) is 1.84. The van der Waals surface area contributed by atoms with E-state index < -0.39 is 12.1 Å². The number of carbonyl (C=O) groups is 2. The largest absolute Gasteiger partial charge is 0.492 e. The molecule has 0 fully saturated rings. The predicted octanol–water partition coefficient (Wildman–Crippen LogP) is 5.11. The topological polar surface area (TPSA) is 85.3 Å². The van der Waals surface area contributed by atoms with Gasteiger partial charge in [0.2, 0.25) is 0 Å². The number of carboxylic acids is 1. The fourth-order valence-corrected chi connectivity index (χ4v) is 3.44. The average molecular weight is 490 g/mol. The maximum Gasteiger partial charge on any atom is 0.409 e. The molecule has 0 saturated carbocycles. The van der Waals surface area contributed by atoms with Crippen molar-refractivity contribution in [2.75, 3.05) is 32.9 Å². The van der Waals surface area contributed by atoms with Gasteiger partial charge in [0.15, 0.2) is 6.10 Å². The third kappa shape index (κ3) is 10.8. The summed E-state index contributed by atoms with van der Waals surface area (Å²) in [6.45, 7) is 5.66. The van der Waals surface area contributed by atoms with Crippen LogP contribution in [-0.2, 0) is 27.1 Å². The molecule has 1 atom stereocenters. The lowest BCUT2D eigenvalue weighted by atomic mass is 10.1. The number of carboxylic acid groups (broad SMARTS) is 1. The lowest BCUT2D eigenvalue weighted by Crippen LogP contribution is -2.36. The lowest BCUT2D eigenvalue weighted by molar-refractivity contribution is -0.149. The molecule has 0 radical (unpaired) electrons. The van der Waals surface area contributed by atoms with E-state index in [1.54, 1.807) is 36.1 Å². The quantitative estimate of drug-likeness (QED) is 0.330. The van der Waals surface area contributed by atoms with Gasteiger partial charge in [-0.3, -0.25) is 0 Å². The van der Waals surface area contributed by atoms with Gasteiger partial charge in [0.05, 0.1) is 13.2 Å². The molecule has 0 aliphatic carbocycles. The molecule has 1 unspecified atom stereocenters. The summed E-state index contributed by atoms with van der Waals surface area (Å²) in [6.07, 6.45) is 2.21. The number of hydrogen-bond acceptors (Lipinski definition) is 5. The second-order valence-corrected chi connectivity index (χ2v) is 8.16. The highest BCUT2D eigenvalue weighted by atomic mass is 19.1. The number of aliphatic carboxylic acids is 1. The average Bonchev–Trinajstić information content (AvgIpc) is 2.85. The number of hydrogen-bond donors (Lipinski definition) is 1. The van der Waals surface area contributed by atoms with Gasteiger partial charge in [-0.05, 0) is 61.6 Å². The van der Waals surface area contributed by atoms with E-state index in [4.69, 9.17) is 14.2 Å². The molecule has 0 aliphatic heterocycles. The molecule has 0 saturated heterocycles. The number of unbranched alkanes of at least 4 members (excludes halogenated alkanes) is 1. The van der Waals surface area contributed by atoms with E-state index in [-0.39, 0.29) is 24.9 Å². The smallest absolute Gasteiger partial charge is 0.409 e. The van der Waals surface area contributed by atoms with Crippen molar-refractivity contribution in [3.8, 4) is 5.75 Å². The van der Waals surface area contributed by atoms with E-state index >= 15 is 0 Å². The van der Waals surface area contributed by atoms with Crippen LogP contribution >= 0.6 is 0 Å². The van der Waals surface area contributed by atoms with Crippen LogP contribution in [-0.4, -0.2) is 61.1 Å². The standard InChI is InChI=1S/C27H36FNO6/c1-3-5-18-35-27(32)29(16-6-7-21-8-12-23(28)13-9-21)17-19-34-24-14-10-22(11-15-24)20-25(26(30)31)33-4-2/h8-15,25H,3-7,16-20H2,1-2H3,(H,30,31). The Labute approximate surface area is 206 Å². The number of amides is 1. The number of ether oxygens (including phenoxy) is 3. The van der Waals surface area contributed by atoms with Crippen molar-refractivity contribution < 1.29 is 33.3 Å². The first kappa shape index (κ1) is 28.1. The molecular weight excluding hydrogens is 453 g/mol. The van der Waals surface area contributed by atoms with Gasteiger partial charge in [0.1, 0.15) is 18.2 Å². The number of rotatable bonds is 16. The molecule has 1 amide bonds. The Kier molecular flexibility index (Phi) is 12.6. The summed E-state index contributed by atoms with van der Waals surface area (Å²) in [4.78, 5) is 25.4. The van der Waals surface area contributed by atoms with Gasteiger partial charge in [0, 0.05) is 19.6 Å². The maximum atomic E-state index is 13.1. The highest BCUT2D eigenvalue weighted by Gasteiger charge is 2.18. The molecule has 2 aromatic rings. The van der Waals surface area contributed by atoms with Crippen LogP contribution in [0.25, 0.3) is 0 Å². The SMILES string of the molecule is CCCCOC(=O)N(CCCc1ccc(F)cc1)CCOc1ccc(CC(OCC)C(=O)O)cc1. The summed E-state index contributed by atoms with van der Waals surface area (Å²) < 4.78 is 29.5. The molecular formula is C27H36FNO6. The van der Waals surface area contributed by atoms with E-state index in [0.29, 0.717) is 38.5 Å². The first-order chi connectivity index (χ1) is 16.9. The van der Waals surface area contributed by atoms with Crippen molar-refractivity contribution in [2.45, 2.75) is 52.1 Å². The molecule has 0 bridgehead atoms. The Morgan fingerprint density at radius 3 is 2.26 bits per heavy atom. The number of nitrogens with zero attached hydrogens (tertiary/aromatic N) is 1. The molecule has 2 rings (SSSR count). The third-order valence-corrected chi connectivity index (χ3v) is 5.41. The number of halogens is 1. The van der Waals surface area contributed by atoms with Crippen molar-refractivity contribution in [2.24, 2.45) is 0 Å². The molecule has 1 N–H and O–H groups in total. The minimum atomic E-state index is -0.988. The van der Waals surface area contributed by atoms with Crippen LogP contribution in [0.4, 0.5) is 9.18 Å². The van der Waals surface area contributed by atoms with Crippen LogP contribution < -0.4 is 4.74 Å². The van der Waals surface area contributed by atoms with Gasteiger partial charge < -0.3 is 24.2 Å². The molecule has 0 aromatic heterocycles. The number of carbonyl (C=O) groups excluding carboxylic acids is 1. The van der Waals surface area contributed by atoms with E-state index in [2.05, 4.69) is 0 Å². The van der Waals surface area contributed by atoms with Crippen molar-refractivity contribution >= 4 is 12.1 Å². The van der Waals surface area contributed by atoms with E-state index in [9.17, 15) is 19.1 Å². The Balaban J connectivity index is 1.86. The predicted molar refractivity (Wildman–Crippen MR) is 131 cm³/mol. The fourth-order valence-electron chi connectivity index (χ4n) is 3.44. The van der Waals surface area contributed by atoms with Crippen LogP contribution in [0.15, 0.2) is 48.5 Å².